The fraction of sp³-hybridized carbons (Fsp3) is 0.538. The van der Waals surface area contributed by atoms with Crippen molar-refractivity contribution in [2.75, 3.05) is 19.6 Å². The molecule has 2 rings (SSSR count). The maximum Gasteiger partial charge on any atom is 0.303 e. The van der Waals surface area contributed by atoms with Crippen molar-refractivity contribution in [3.8, 4) is 0 Å². The Morgan fingerprint density at radius 2 is 2.28 bits per heavy atom. The van der Waals surface area contributed by atoms with Gasteiger partial charge in [-0.2, -0.15) is 0 Å². The molecule has 1 saturated heterocycles. The summed E-state index contributed by atoms with van der Waals surface area (Å²) in [5, 5.41) is 12.1. The molecule has 1 unspecified atom stereocenters. The van der Waals surface area contributed by atoms with E-state index in [2.05, 4.69) is 15.2 Å². The molecule has 0 bridgehead atoms. The van der Waals surface area contributed by atoms with Gasteiger partial charge in [-0.25, -0.2) is 0 Å². The second-order valence-corrected chi connectivity index (χ2v) is 4.62. The third-order valence-electron chi connectivity index (χ3n) is 3.30. The quantitative estimate of drug-likeness (QED) is 0.805. The lowest BCUT2D eigenvalue weighted by molar-refractivity contribution is -0.137. The van der Waals surface area contributed by atoms with E-state index in [0.29, 0.717) is 12.5 Å². The molecule has 1 fully saturated rings. The van der Waals surface area contributed by atoms with Crippen molar-refractivity contribution in [3.05, 3.63) is 30.1 Å². The maximum atomic E-state index is 10.7. The van der Waals surface area contributed by atoms with Crippen LogP contribution in [0.5, 0.6) is 0 Å². The van der Waals surface area contributed by atoms with Crippen molar-refractivity contribution in [1.82, 2.24) is 15.2 Å². The number of nitrogens with zero attached hydrogens (tertiary/aromatic N) is 2. The summed E-state index contributed by atoms with van der Waals surface area (Å²) in [5.41, 5.74) is 1.23. The van der Waals surface area contributed by atoms with E-state index in [1.54, 1.807) is 12.4 Å². The average molecular weight is 249 g/mol. The molecule has 5 nitrogen and oxygen atoms in total. The van der Waals surface area contributed by atoms with Crippen LogP contribution in [0.3, 0.4) is 0 Å². The SMILES string of the molecule is O=C(O)CCC1CNCCN1Cc1ccncc1. The molecule has 0 aliphatic carbocycles. The van der Waals surface area contributed by atoms with Gasteiger partial charge in [0.15, 0.2) is 0 Å². The monoisotopic (exact) mass is 249 g/mol. The molecule has 18 heavy (non-hydrogen) atoms. The van der Waals surface area contributed by atoms with Crippen LogP contribution in [0.15, 0.2) is 24.5 Å². The average Bonchev–Trinajstić information content (AvgIpc) is 2.39. The van der Waals surface area contributed by atoms with Crippen LogP contribution in [0.2, 0.25) is 0 Å². The Labute approximate surface area is 107 Å². The topological polar surface area (TPSA) is 65.5 Å². The number of hydrogen-bond donors (Lipinski definition) is 2. The van der Waals surface area contributed by atoms with Crippen molar-refractivity contribution in [2.45, 2.75) is 25.4 Å². The van der Waals surface area contributed by atoms with Gasteiger partial charge in [0.05, 0.1) is 0 Å². The third kappa shape index (κ3) is 3.78. The Morgan fingerprint density at radius 1 is 1.50 bits per heavy atom. The third-order valence-corrected chi connectivity index (χ3v) is 3.30. The first kappa shape index (κ1) is 13.0. The molecule has 2 heterocycles. The molecule has 0 saturated carbocycles. The van der Waals surface area contributed by atoms with Gasteiger partial charge >= 0.3 is 5.97 Å². The minimum Gasteiger partial charge on any atom is -0.481 e. The van der Waals surface area contributed by atoms with E-state index in [1.165, 1.54) is 5.56 Å². The van der Waals surface area contributed by atoms with Crippen LogP contribution >= 0.6 is 0 Å². The lowest BCUT2D eigenvalue weighted by atomic mass is 10.1. The largest absolute Gasteiger partial charge is 0.481 e. The zero-order valence-electron chi connectivity index (χ0n) is 10.4. The number of rotatable bonds is 5. The molecule has 0 amide bonds. The molecule has 1 aromatic heterocycles. The van der Waals surface area contributed by atoms with Crippen molar-refractivity contribution >= 4 is 5.97 Å². The number of aromatic nitrogens is 1. The van der Waals surface area contributed by atoms with Crippen molar-refractivity contribution < 1.29 is 9.90 Å². The van der Waals surface area contributed by atoms with Gasteiger partial charge in [-0.1, -0.05) is 0 Å². The first-order valence-electron chi connectivity index (χ1n) is 6.31. The summed E-state index contributed by atoms with van der Waals surface area (Å²) in [6.45, 7) is 3.67. The lowest BCUT2D eigenvalue weighted by Gasteiger charge is -2.36. The Kier molecular flexibility index (Phi) is 4.66. The molecule has 1 aliphatic rings. The summed E-state index contributed by atoms with van der Waals surface area (Å²) in [5.74, 6) is -0.718. The minimum absolute atomic E-state index is 0.235. The maximum absolute atomic E-state index is 10.7. The number of hydrogen-bond acceptors (Lipinski definition) is 4. The normalized spacial score (nSPS) is 20.8. The highest BCUT2D eigenvalue weighted by Crippen LogP contribution is 2.13. The molecular weight excluding hydrogens is 230 g/mol. The predicted octanol–water partition coefficient (Wildman–Crippen LogP) is 0.720. The number of carbonyl (C=O) groups is 1. The van der Waals surface area contributed by atoms with E-state index < -0.39 is 5.97 Å². The molecule has 5 heteroatoms. The van der Waals surface area contributed by atoms with Gasteiger partial charge in [0.25, 0.3) is 0 Å². The number of aliphatic carboxylic acids is 1. The van der Waals surface area contributed by atoms with Crippen LogP contribution in [0.25, 0.3) is 0 Å². The highest BCUT2D eigenvalue weighted by molar-refractivity contribution is 5.66. The van der Waals surface area contributed by atoms with Crippen molar-refractivity contribution in [1.29, 1.82) is 0 Å². The molecule has 1 atom stereocenters. The Balaban J connectivity index is 1.93. The highest BCUT2D eigenvalue weighted by Gasteiger charge is 2.22. The van der Waals surface area contributed by atoms with Crippen LogP contribution in [0.1, 0.15) is 18.4 Å². The zero-order chi connectivity index (χ0) is 12.8. The summed E-state index contributed by atoms with van der Waals surface area (Å²) in [4.78, 5) is 17.0. The number of piperazine rings is 1. The molecular formula is C13H19N3O2. The fourth-order valence-corrected chi connectivity index (χ4v) is 2.31. The first-order valence-corrected chi connectivity index (χ1v) is 6.31. The summed E-state index contributed by atoms with van der Waals surface area (Å²) < 4.78 is 0. The molecule has 2 N–H and O–H groups in total. The van der Waals surface area contributed by atoms with Crippen LogP contribution in [-0.2, 0) is 11.3 Å². The highest BCUT2D eigenvalue weighted by atomic mass is 16.4. The number of pyridine rings is 1. The van der Waals surface area contributed by atoms with Gasteiger partial charge in [-0.05, 0) is 24.1 Å². The van der Waals surface area contributed by atoms with Gasteiger partial charge in [0.2, 0.25) is 0 Å². The first-order chi connectivity index (χ1) is 8.75. The van der Waals surface area contributed by atoms with Crippen LogP contribution in [0.4, 0.5) is 0 Å². The standard InChI is InChI=1S/C13H19N3O2/c17-13(18)2-1-12-9-15-7-8-16(12)10-11-3-5-14-6-4-11/h3-6,12,15H,1-2,7-10H2,(H,17,18). The summed E-state index contributed by atoms with van der Waals surface area (Å²) in [6, 6.07) is 4.33. The Morgan fingerprint density at radius 3 is 3.00 bits per heavy atom. The summed E-state index contributed by atoms with van der Waals surface area (Å²) in [6.07, 6.45) is 4.53. The molecule has 1 aromatic rings. The van der Waals surface area contributed by atoms with E-state index in [4.69, 9.17) is 5.11 Å². The van der Waals surface area contributed by atoms with Crippen LogP contribution in [-0.4, -0.2) is 46.6 Å². The number of carboxylic acid groups (broad SMARTS) is 1. The number of carboxylic acids is 1. The summed E-state index contributed by atoms with van der Waals surface area (Å²) >= 11 is 0. The van der Waals surface area contributed by atoms with E-state index in [-0.39, 0.29) is 6.42 Å². The molecule has 0 aromatic carbocycles. The van der Waals surface area contributed by atoms with Gasteiger partial charge in [-0.3, -0.25) is 14.7 Å². The van der Waals surface area contributed by atoms with E-state index in [1.807, 2.05) is 12.1 Å². The van der Waals surface area contributed by atoms with Crippen molar-refractivity contribution in [3.63, 3.8) is 0 Å². The molecule has 0 spiro atoms. The van der Waals surface area contributed by atoms with Crippen molar-refractivity contribution in [2.24, 2.45) is 0 Å². The van der Waals surface area contributed by atoms with Crippen LogP contribution < -0.4 is 5.32 Å². The van der Waals surface area contributed by atoms with Gasteiger partial charge in [0.1, 0.15) is 0 Å². The predicted molar refractivity (Wildman–Crippen MR) is 68.2 cm³/mol. The van der Waals surface area contributed by atoms with Gasteiger partial charge in [-0.15, -0.1) is 0 Å². The van der Waals surface area contributed by atoms with Crippen LogP contribution in [0, 0.1) is 0 Å². The van der Waals surface area contributed by atoms with Gasteiger partial charge < -0.3 is 10.4 Å². The zero-order valence-corrected chi connectivity index (χ0v) is 10.4. The van der Waals surface area contributed by atoms with E-state index in [9.17, 15) is 4.79 Å². The summed E-state index contributed by atoms with van der Waals surface area (Å²) in [7, 11) is 0. The smallest absolute Gasteiger partial charge is 0.303 e. The second kappa shape index (κ2) is 6.47. The van der Waals surface area contributed by atoms with Gasteiger partial charge in [0, 0.05) is 51.0 Å². The van der Waals surface area contributed by atoms with E-state index >= 15 is 0 Å². The number of nitrogens with one attached hydrogen (secondary N) is 1. The Hall–Kier alpha value is -1.46. The molecule has 1 aliphatic heterocycles. The lowest BCUT2D eigenvalue weighted by Crippen LogP contribution is -2.50. The second-order valence-electron chi connectivity index (χ2n) is 4.62. The Bertz CT molecular complexity index is 383. The molecule has 0 radical (unpaired) electrons. The van der Waals surface area contributed by atoms with E-state index in [0.717, 1.165) is 26.2 Å². The minimum atomic E-state index is -0.718. The fourth-order valence-electron chi connectivity index (χ4n) is 2.31. The molecule has 98 valence electrons.